The Hall–Kier alpha value is -1.13. The second kappa shape index (κ2) is 8.06. The van der Waals surface area contributed by atoms with Crippen LogP contribution in [0.15, 0.2) is 18.2 Å². The second-order valence-electron chi connectivity index (χ2n) is 4.46. The molecule has 4 heteroatoms. The first-order chi connectivity index (χ1) is 8.67. The summed E-state index contributed by atoms with van der Waals surface area (Å²) in [5.41, 5.74) is 0.915. The van der Waals surface area contributed by atoms with E-state index >= 15 is 0 Å². The zero-order valence-electron chi connectivity index (χ0n) is 11.3. The van der Waals surface area contributed by atoms with E-state index in [4.69, 9.17) is 9.47 Å². The average molecular weight is 255 g/mol. The van der Waals surface area contributed by atoms with Crippen molar-refractivity contribution in [1.29, 1.82) is 0 Å². The molecule has 3 nitrogen and oxygen atoms in total. The first-order valence-electron chi connectivity index (χ1n) is 6.19. The minimum atomic E-state index is -0.217. The van der Waals surface area contributed by atoms with E-state index in [1.54, 1.807) is 26.4 Å². The van der Waals surface area contributed by atoms with Gasteiger partial charge in [-0.05, 0) is 42.6 Å². The molecule has 0 amide bonds. The smallest absolute Gasteiger partial charge is 0.123 e. The zero-order chi connectivity index (χ0) is 13.4. The molecule has 18 heavy (non-hydrogen) atoms. The highest BCUT2D eigenvalue weighted by Gasteiger charge is 2.09. The van der Waals surface area contributed by atoms with Gasteiger partial charge in [0.25, 0.3) is 0 Å². The van der Waals surface area contributed by atoms with E-state index in [1.807, 2.05) is 0 Å². The van der Waals surface area contributed by atoms with Gasteiger partial charge in [-0.25, -0.2) is 4.39 Å². The SMILES string of the molecule is COCCNCC(C)Cc1cc(F)ccc1OC. The van der Waals surface area contributed by atoms with Crippen molar-refractivity contribution in [2.24, 2.45) is 5.92 Å². The van der Waals surface area contributed by atoms with Crippen molar-refractivity contribution in [2.45, 2.75) is 13.3 Å². The Morgan fingerprint density at radius 3 is 2.78 bits per heavy atom. The van der Waals surface area contributed by atoms with Gasteiger partial charge >= 0.3 is 0 Å². The maximum absolute atomic E-state index is 13.2. The third-order valence-corrected chi connectivity index (χ3v) is 2.79. The van der Waals surface area contributed by atoms with Crippen LogP contribution in [0.2, 0.25) is 0 Å². The molecule has 0 radical (unpaired) electrons. The van der Waals surface area contributed by atoms with E-state index in [0.717, 1.165) is 30.8 Å². The summed E-state index contributed by atoms with van der Waals surface area (Å²) in [4.78, 5) is 0. The Labute approximate surface area is 108 Å². The maximum atomic E-state index is 13.2. The summed E-state index contributed by atoms with van der Waals surface area (Å²) >= 11 is 0. The average Bonchev–Trinajstić information content (AvgIpc) is 2.35. The topological polar surface area (TPSA) is 30.5 Å². The number of benzene rings is 1. The Balaban J connectivity index is 2.47. The predicted octanol–water partition coefficient (Wildman–Crippen LogP) is 2.25. The number of methoxy groups -OCH3 is 2. The second-order valence-corrected chi connectivity index (χ2v) is 4.46. The highest BCUT2D eigenvalue weighted by molar-refractivity contribution is 5.34. The lowest BCUT2D eigenvalue weighted by molar-refractivity contribution is 0.198. The zero-order valence-corrected chi connectivity index (χ0v) is 11.3. The van der Waals surface area contributed by atoms with E-state index in [-0.39, 0.29) is 5.82 Å². The fourth-order valence-electron chi connectivity index (χ4n) is 1.88. The highest BCUT2D eigenvalue weighted by Crippen LogP contribution is 2.22. The minimum absolute atomic E-state index is 0.217. The molecule has 0 aliphatic carbocycles. The lowest BCUT2D eigenvalue weighted by atomic mass is 10.00. The molecule has 0 heterocycles. The number of nitrogens with one attached hydrogen (secondary N) is 1. The van der Waals surface area contributed by atoms with Gasteiger partial charge in [0, 0.05) is 13.7 Å². The molecule has 1 aromatic carbocycles. The molecule has 102 valence electrons. The van der Waals surface area contributed by atoms with Gasteiger partial charge in [0.15, 0.2) is 0 Å². The molecule has 1 N–H and O–H groups in total. The highest BCUT2D eigenvalue weighted by atomic mass is 19.1. The van der Waals surface area contributed by atoms with Gasteiger partial charge in [-0.1, -0.05) is 6.92 Å². The summed E-state index contributed by atoms with van der Waals surface area (Å²) in [6.07, 6.45) is 0.793. The van der Waals surface area contributed by atoms with Crippen LogP contribution in [0.3, 0.4) is 0 Å². The molecule has 0 aliphatic rings. The molecule has 0 aliphatic heterocycles. The van der Waals surface area contributed by atoms with Crippen molar-refractivity contribution >= 4 is 0 Å². The van der Waals surface area contributed by atoms with Crippen LogP contribution in [0.5, 0.6) is 5.75 Å². The number of ether oxygens (including phenoxy) is 2. The quantitative estimate of drug-likeness (QED) is 0.723. The lowest BCUT2D eigenvalue weighted by Crippen LogP contribution is -2.25. The number of hydrogen-bond donors (Lipinski definition) is 1. The van der Waals surface area contributed by atoms with Crippen molar-refractivity contribution in [1.82, 2.24) is 5.32 Å². The standard InChI is InChI=1S/C14H22FNO2/c1-11(10-16-6-7-17-2)8-12-9-13(15)4-5-14(12)18-3/h4-5,9,11,16H,6-8,10H2,1-3H3. The first-order valence-corrected chi connectivity index (χ1v) is 6.19. The van der Waals surface area contributed by atoms with Gasteiger partial charge in [0.05, 0.1) is 13.7 Å². The van der Waals surface area contributed by atoms with Gasteiger partial charge in [-0.3, -0.25) is 0 Å². The fourth-order valence-corrected chi connectivity index (χ4v) is 1.88. The molecule has 0 aromatic heterocycles. The minimum Gasteiger partial charge on any atom is -0.496 e. The van der Waals surface area contributed by atoms with Crippen LogP contribution in [0, 0.1) is 11.7 Å². The molecule has 1 unspecified atom stereocenters. The summed E-state index contributed by atoms with van der Waals surface area (Å²) in [7, 11) is 3.29. The summed E-state index contributed by atoms with van der Waals surface area (Å²) in [6, 6.07) is 4.64. The number of rotatable bonds is 8. The van der Waals surface area contributed by atoms with Gasteiger partial charge in [0.2, 0.25) is 0 Å². The summed E-state index contributed by atoms with van der Waals surface area (Å²) in [5.74, 6) is 0.947. The van der Waals surface area contributed by atoms with Crippen LogP contribution in [0.4, 0.5) is 4.39 Å². The van der Waals surface area contributed by atoms with Gasteiger partial charge in [-0.15, -0.1) is 0 Å². The molecule has 0 saturated carbocycles. The summed E-state index contributed by atoms with van der Waals surface area (Å²) in [5, 5.41) is 3.30. The third kappa shape index (κ3) is 5.02. The Kier molecular flexibility index (Phi) is 6.68. The van der Waals surface area contributed by atoms with E-state index in [2.05, 4.69) is 12.2 Å². The third-order valence-electron chi connectivity index (χ3n) is 2.79. The van der Waals surface area contributed by atoms with Crippen molar-refractivity contribution in [3.8, 4) is 5.75 Å². The fraction of sp³-hybridized carbons (Fsp3) is 0.571. The van der Waals surface area contributed by atoms with E-state index in [1.165, 1.54) is 6.07 Å². The first kappa shape index (κ1) is 14.9. The summed E-state index contributed by atoms with van der Waals surface area (Å²) < 4.78 is 23.4. The summed E-state index contributed by atoms with van der Waals surface area (Å²) in [6.45, 7) is 4.55. The van der Waals surface area contributed by atoms with Crippen LogP contribution in [-0.2, 0) is 11.2 Å². The van der Waals surface area contributed by atoms with Crippen molar-refractivity contribution in [3.63, 3.8) is 0 Å². The van der Waals surface area contributed by atoms with Crippen LogP contribution < -0.4 is 10.1 Å². The Bertz CT molecular complexity index is 358. The Morgan fingerprint density at radius 2 is 2.11 bits per heavy atom. The molecule has 0 spiro atoms. The van der Waals surface area contributed by atoms with Crippen molar-refractivity contribution in [3.05, 3.63) is 29.6 Å². The van der Waals surface area contributed by atoms with E-state index < -0.39 is 0 Å². The van der Waals surface area contributed by atoms with E-state index in [9.17, 15) is 4.39 Å². The lowest BCUT2D eigenvalue weighted by Gasteiger charge is -2.15. The van der Waals surface area contributed by atoms with Crippen LogP contribution in [0.1, 0.15) is 12.5 Å². The van der Waals surface area contributed by atoms with Crippen molar-refractivity contribution in [2.75, 3.05) is 33.9 Å². The number of halogens is 1. The van der Waals surface area contributed by atoms with Crippen molar-refractivity contribution < 1.29 is 13.9 Å². The molecule has 1 atom stereocenters. The molecule has 1 aromatic rings. The molecule has 0 fully saturated rings. The van der Waals surface area contributed by atoms with Crippen LogP contribution in [0.25, 0.3) is 0 Å². The predicted molar refractivity (Wildman–Crippen MR) is 70.6 cm³/mol. The van der Waals surface area contributed by atoms with Crippen LogP contribution >= 0.6 is 0 Å². The molecular weight excluding hydrogens is 233 g/mol. The van der Waals surface area contributed by atoms with Gasteiger partial charge < -0.3 is 14.8 Å². The molecule has 0 saturated heterocycles. The van der Waals surface area contributed by atoms with Gasteiger partial charge in [0.1, 0.15) is 11.6 Å². The molecule has 1 rings (SSSR count). The van der Waals surface area contributed by atoms with Gasteiger partial charge in [-0.2, -0.15) is 0 Å². The van der Waals surface area contributed by atoms with E-state index in [0.29, 0.717) is 12.5 Å². The molecular formula is C14H22FNO2. The largest absolute Gasteiger partial charge is 0.496 e. The monoisotopic (exact) mass is 255 g/mol. The van der Waals surface area contributed by atoms with Crippen LogP contribution in [-0.4, -0.2) is 33.9 Å². The normalized spacial score (nSPS) is 12.4. The molecule has 0 bridgehead atoms. The maximum Gasteiger partial charge on any atom is 0.123 e. The number of hydrogen-bond acceptors (Lipinski definition) is 3. The Morgan fingerprint density at radius 1 is 1.33 bits per heavy atom.